The van der Waals surface area contributed by atoms with Crippen LogP contribution in [-0.4, -0.2) is 30.8 Å². The quantitative estimate of drug-likeness (QED) is 0.518. The lowest BCUT2D eigenvalue weighted by Gasteiger charge is -1.86. The Bertz CT molecular complexity index is 337. The van der Waals surface area contributed by atoms with Crippen LogP contribution in [0.4, 0.5) is 0 Å². The summed E-state index contributed by atoms with van der Waals surface area (Å²) in [7, 11) is 0. The van der Waals surface area contributed by atoms with Crippen LogP contribution in [0.2, 0.25) is 0 Å². The van der Waals surface area contributed by atoms with Gasteiger partial charge in [0.05, 0.1) is 6.20 Å². The Kier molecular flexibility index (Phi) is 1.35. The summed E-state index contributed by atoms with van der Waals surface area (Å²) in [6, 6.07) is 0. The van der Waals surface area contributed by atoms with Gasteiger partial charge in [-0.15, -0.1) is 22.8 Å². The summed E-state index contributed by atoms with van der Waals surface area (Å²) in [6.07, 6.45) is 1.55. The standard InChI is InChI=1S/C4H4N6S/c11-4-3(7-10-8-4)2-1-5-9-6-2/h1H,(H,5,6,9)(H2,7,8,10,11). The van der Waals surface area contributed by atoms with Crippen LogP contribution in [0, 0.1) is 0 Å². The molecule has 0 fully saturated rings. The first kappa shape index (κ1) is 6.35. The molecule has 0 bridgehead atoms. The smallest absolute Gasteiger partial charge is 0.145 e. The van der Waals surface area contributed by atoms with E-state index in [1.807, 2.05) is 0 Å². The number of aromatic amines is 2. The highest BCUT2D eigenvalue weighted by Crippen LogP contribution is 2.17. The summed E-state index contributed by atoms with van der Waals surface area (Å²) < 4.78 is 0. The molecule has 2 aromatic rings. The third-order valence-electron chi connectivity index (χ3n) is 1.20. The summed E-state index contributed by atoms with van der Waals surface area (Å²) in [5.41, 5.74) is 1.32. The van der Waals surface area contributed by atoms with E-state index < -0.39 is 0 Å². The van der Waals surface area contributed by atoms with Crippen LogP contribution in [0.5, 0.6) is 0 Å². The number of nitrogens with one attached hydrogen (secondary N) is 2. The van der Waals surface area contributed by atoms with Crippen molar-refractivity contribution < 1.29 is 0 Å². The molecule has 0 aliphatic rings. The zero-order chi connectivity index (χ0) is 7.68. The molecule has 2 N–H and O–H groups in total. The molecule has 0 radical (unpaired) electrons. The Labute approximate surface area is 66.8 Å². The lowest BCUT2D eigenvalue weighted by Crippen LogP contribution is -1.78. The van der Waals surface area contributed by atoms with Crippen LogP contribution >= 0.6 is 12.6 Å². The molecule has 6 nitrogen and oxygen atoms in total. The van der Waals surface area contributed by atoms with Gasteiger partial charge in [0.25, 0.3) is 0 Å². The molecule has 0 saturated heterocycles. The molecular formula is C4H4N6S. The Morgan fingerprint density at radius 3 is 2.73 bits per heavy atom. The topological polar surface area (TPSA) is 83.1 Å². The molecule has 2 aromatic heterocycles. The zero-order valence-corrected chi connectivity index (χ0v) is 6.21. The zero-order valence-electron chi connectivity index (χ0n) is 5.31. The number of thiol groups is 1. The van der Waals surface area contributed by atoms with E-state index in [4.69, 9.17) is 0 Å². The lowest BCUT2D eigenvalue weighted by atomic mass is 10.4. The summed E-state index contributed by atoms with van der Waals surface area (Å²) in [4.78, 5) is 0. The number of H-pyrrole nitrogens is 2. The predicted molar refractivity (Wildman–Crippen MR) is 39.0 cm³/mol. The number of hydrogen-bond acceptors (Lipinski definition) is 5. The molecule has 0 aliphatic heterocycles. The monoisotopic (exact) mass is 168 g/mol. The minimum Gasteiger partial charge on any atom is -0.256 e. The molecule has 0 aliphatic carbocycles. The van der Waals surface area contributed by atoms with Crippen LogP contribution in [0.1, 0.15) is 0 Å². The van der Waals surface area contributed by atoms with E-state index in [9.17, 15) is 0 Å². The van der Waals surface area contributed by atoms with Crippen molar-refractivity contribution in [3.63, 3.8) is 0 Å². The van der Waals surface area contributed by atoms with E-state index in [0.29, 0.717) is 16.4 Å². The Hall–Kier alpha value is -1.37. The van der Waals surface area contributed by atoms with E-state index in [0.717, 1.165) is 0 Å². The maximum atomic E-state index is 4.08. The van der Waals surface area contributed by atoms with Crippen LogP contribution < -0.4 is 0 Å². The molecule has 0 aromatic carbocycles. The molecule has 0 unspecified atom stereocenters. The summed E-state index contributed by atoms with van der Waals surface area (Å²) >= 11 is 4.08. The highest BCUT2D eigenvalue weighted by atomic mass is 32.1. The fourth-order valence-corrected chi connectivity index (χ4v) is 0.926. The summed E-state index contributed by atoms with van der Waals surface area (Å²) in [5, 5.41) is 20.3. The van der Waals surface area contributed by atoms with Crippen molar-refractivity contribution in [2.45, 2.75) is 5.03 Å². The van der Waals surface area contributed by atoms with Crippen LogP contribution in [-0.2, 0) is 0 Å². The summed E-state index contributed by atoms with van der Waals surface area (Å²) in [6.45, 7) is 0. The minimum absolute atomic E-state index is 0.594. The van der Waals surface area contributed by atoms with Crippen molar-refractivity contribution in [2.24, 2.45) is 0 Å². The SMILES string of the molecule is Sc1[nH]nnc1-c1cnn[nH]1. The van der Waals surface area contributed by atoms with Crippen molar-refractivity contribution in [1.29, 1.82) is 0 Å². The van der Waals surface area contributed by atoms with E-state index in [1.165, 1.54) is 0 Å². The lowest BCUT2D eigenvalue weighted by molar-refractivity contribution is 0.912. The summed E-state index contributed by atoms with van der Waals surface area (Å²) in [5.74, 6) is 0. The first-order valence-electron chi connectivity index (χ1n) is 2.84. The number of aromatic nitrogens is 6. The first-order chi connectivity index (χ1) is 5.38. The number of hydrogen-bond donors (Lipinski definition) is 3. The number of nitrogens with zero attached hydrogens (tertiary/aromatic N) is 4. The van der Waals surface area contributed by atoms with Crippen molar-refractivity contribution in [3.8, 4) is 11.4 Å². The maximum Gasteiger partial charge on any atom is 0.145 e. The average Bonchev–Trinajstić information content (AvgIpc) is 2.55. The third kappa shape index (κ3) is 0.984. The van der Waals surface area contributed by atoms with Gasteiger partial charge in [-0.1, -0.05) is 10.4 Å². The van der Waals surface area contributed by atoms with Crippen LogP contribution in [0.3, 0.4) is 0 Å². The Morgan fingerprint density at radius 1 is 1.27 bits per heavy atom. The fourth-order valence-electron chi connectivity index (χ4n) is 0.716. The molecular weight excluding hydrogens is 164 g/mol. The van der Waals surface area contributed by atoms with Crippen molar-refractivity contribution in [2.75, 3.05) is 0 Å². The van der Waals surface area contributed by atoms with Gasteiger partial charge in [0.15, 0.2) is 0 Å². The highest BCUT2D eigenvalue weighted by Gasteiger charge is 2.07. The van der Waals surface area contributed by atoms with E-state index in [2.05, 4.69) is 43.5 Å². The molecule has 2 rings (SSSR count). The van der Waals surface area contributed by atoms with Gasteiger partial charge in [-0.3, -0.25) is 10.2 Å². The second-order valence-corrected chi connectivity index (χ2v) is 2.33. The molecule has 0 saturated carbocycles. The van der Waals surface area contributed by atoms with Gasteiger partial charge in [-0.05, 0) is 0 Å². The second kappa shape index (κ2) is 2.35. The normalized spacial score (nSPS) is 10.3. The predicted octanol–water partition coefficient (Wildman–Crippen LogP) is -0.122. The van der Waals surface area contributed by atoms with Gasteiger partial charge in [0.1, 0.15) is 16.4 Å². The second-order valence-electron chi connectivity index (χ2n) is 1.88. The van der Waals surface area contributed by atoms with Gasteiger partial charge < -0.3 is 0 Å². The minimum atomic E-state index is 0.594. The highest BCUT2D eigenvalue weighted by molar-refractivity contribution is 7.80. The van der Waals surface area contributed by atoms with E-state index in [1.54, 1.807) is 6.20 Å². The van der Waals surface area contributed by atoms with Crippen molar-refractivity contribution in [3.05, 3.63) is 6.20 Å². The van der Waals surface area contributed by atoms with E-state index in [-0.39, 0.29) is 0 Å². The fraction of sp³-hybridized carbons (Fsp3) is 0. The molecule has 0 amide bonds. The molecule has 56 valence electrons. The Balaban J connectivity index is 2.53. The van der Waals surface area contributed by atoms with Crippen molar-refractivity contribution in [1.82, 2.24) is 30.8 Å². The van der Waals surface area contributed by atoms with Crippen molar-refractivity contribution >= 4 is 12.6 Å². The third-order valence-corrected chi connectivity index (χ3v) is 1.51. The molecule has 0 spiro atoms. The average molecular weight is 168 g/mol. The van der Waals surface area contributed by atoms with E-state index >= 15 is 0 Å². The maximum absolute atomic E-state index is 4.08. The molecule has 7 heteroatoms. The molecule has 0 atom stereocenters. The molecule has 2 heterocycles. The van der Waals surface area contributed by atoms with Crippen LogP contribution in [0.25, 0.3) is 11.4 Å². The first-order valence-corrected chi connectivity index (χ1v) is 3.29. The Morgan fingerprint density at radius 2 is 2.18 bits per heavy atom. The van der Waals surface area contributed by atoms with Gasteiger partial charge in [-0.25, -0.2) is 0 Å². The van der Waals surface area contributed by atoms with Gasteiger partial charge in [-0.2, -0.15) is 0 Å². The van der Waals surface area contributed by atoms with Gasteiger partial charge in [0, 0.05) is 0 Å². The largest absolute Gasteiger partial charge is 0.256 e. The van der Waals surface area contributed by atoms with Gasteiger partial charge in [0.2, 0.25) is 0 Å². The molecule has 11 heavy (non-hydrogen) atoms. The van der Waals surface area contributed by atoms with Crippen LogP contribution in [0.15, 0.2) is 11.2 Å². The van der Waals surface area contributed by atoms with Gasteiger partial charge >= 0.3 is 0 Å². The number of rotatable bonds is 1.